The molecular weight excluding hydrogens is 428 g/mol. The lowest BCUT2D eigenvalue weighted by Crippen LogP contribution is -2.05. The van der Waals surface area contributed by atoms with Crippen molar-refractivity contribution < 1.29 is 28.3 Å². The molecule has 0 amide bonds. The molecule has 2 aromatic rings. The molecule has 1 atom stereocenters. The molecule has 1 unspecified atom stereocenters. The van der Waals surface area contributed by atoms with Gasteiger partial charge >= 0.3 is 11.4 Å². The Bertz CT molecular complexity index is 1010. The molecule has 0 aromatic heterocycles. The van der Waals surface area contributed by atoms with Crippen LogP contribution in [0.15, 0.2) is 47.9 Å². The lowest BCUT2D eigenvalue weighted by Gasteiger charge is -2.02. The van der Waals surface area contributed by atoms with Crippen LogP contribution in [0.3, 0.4) is 0 Å². The average molecular weight is 446 g/mol. The number of nitro groups is 2. The molecule has 11 heteroatoms. The van der Waals surface area contributed by atoms with Crippen molar-refractivity contribution in [1.29, 1.82) is 0 Å². The summed E-state index contributed by atoms with van der Waals surface area (Å²) in [5.41, 5.74) is 0.363. The molecule has 162 valence electrons. The van der Waals surface area contributed by atoms with Gasteiger partial charge in [-0.3, -0.25) is 29.2 Å². The summed E-state index contributed by atoms with van der Waals surface area (Å²) in [5, 5.41) is 23.3. The van der Waals surface area contributed by atoms with Gasteiger partial charge in [-0.05, 0) is 35.4 Å². The minimum atomic E-state index is -1.66. The molecule has 0 aliphatic rings. The third kappa shape index (κ3) is 6.57. The fraction of sp³-hybridized carbons (Fsp3) is 0.150. The van der Waals surface area contributed by atoms with E-state index < -0.39 is 26.4 Å². The quantitative estimate of drug-likeness (QED) is 0.307. The van der Waals surface area contributed by atoms with E-state index in [9.17, 15) is 29.2 Å². The Morgan fingerprint density at radius 2 is 1.42 bits per heavy atom. The highest BCUT2D eigenvalue weighted by atomic mass is 32.2. The maximum Gasteiger partial charge on any atom is 0.311 e. The van der Waals surface area contributed by atoms with Crippen LogP contribution in [0.1, 0.15) is 11.1 Å². The molecule has 0 heterocycles. The molecule has 2 rings (SSSR count). The Balaban J connectivity index is 2.04. The number of methoxy groups -OCH3 is 2. The van der Waals surface area contributed by atoms with Crippen LogP contribution in [-0.4, -0.2) is 39.8 Å². The van der Waals surface area contributed by atoms with E-state index >= 15 is 0 Å². The van der Waals surface area contributed by atoms with Gasteiger partial charge in [0.15, 0.2) is 17.3 Å². The SMILES string of the molecule is COc1ccc(C=CS(=O)CC(=O)/C=C\c2ccc(OC)c([N+](=O)[O-])c2)cc1[N+](=O)[O-]. The number of carbonyl (C=O) groups is 1. The Morgan fingerprint density at radius 1 is 0.935 bits per heavy atom. The Labute approximate surface area is 179 Å². The average Bonchev–Trinajstić information content (AvgIpc) is 2.75. The third-order valence-electron chi connectivity index (χ3n) is 3.96. The fourth-order valence-electron chi connectivity index (χ4n) is 2.49. The number of hydrogen-bond acceptors (Lipinski definition) is 8. The molecule has 31 heavy (non-hydrogen) atoms. The van der Waals surface area contributed by atoms with Gasteiger partial charge in [-0.25, -0.2) is 0 Å². The molecule has 0 aliphatic carbocycles. The standard InChI is InChI=1S/C20H18N2O8S/c1-29-19-7-4-14(11-17(19)21(24)25)3-6-16(23)13-31(28)10-9-15-5-8-20(30-2)18(12-15)22(26)27/h3-12H,13H2,1-2H3/b6-3-,10-9?. The molecule has 0 spiro atoms. The molecule has 0 radical (unpaired) electrons. The van der Waals surface area contributed by atoms with Gasteiger partial charge in [-0.2, -0.15) is 0 Å². The number of nitrogens with zero attached hydrogens (tertiary/aromatic N) is 2. The van der Waals surface area contributed by atoms with E-state index in [-0.39, 0.29) is 28.6 Å². The number of carbonyl (C=O) groups excluding carboxylic acids is 1. The van der Waals surface area contributed by atoms with Crippen LogP contribution >= 0.6 is 0 Å². The first-order valence-electron chi connectivity index (χ1n) is 8.66. The van der Waals surface area contributed by atoms with Crippen LogP contribution in [0.25, 0.3) is 12.2 Å². The summed E-state index contributed by atoms with van der Waals surface area (Å²) in [7, 11) is 0.969. The minimum absolute atomic E-state index is 0.0958. The van der Waals surface area contributed by atoms with Gasteiger partial charge in [0, 0.05) is 17.5 Å². The lowest BCUT2D eigenvalue weighted by molar-refractivity contribution is -0.385. The van der Waals surface area contributed by atoms with E-state index in [0.29, 0.717) is 11.1 Å². The van der Waals surface area contributed by atoms with Crippen molar-refractivity contribution in [2.75, 3.05) is 20.0 Å². The third-order valence-corrected chi connectivity index (χ3v) is 4.97. The second kappa shape index (κ2) is 10.8. The first-order valence-corrected chi connectivity index (χ1v) is 10.0. The molecule has 0 saturated heterocycles. The normalized spacial score (nSPS) is 12.1. The van der Waals surface area contributed by atoms with Gasteiger partial charge in [-0.1, -0.05) is 18.2 Å². The van der Waals surface area contributed by atoms with Gasteiger partial charge in [0.2, 0.25) is 0 Å². The van der Waals surface area contributed by atoms with Gasteiger partial charge in [0.1, 0.15) is 0 Å². The van der Waals surface area contributed by atoms with Crippen molar-refractivity contribution in [3.8, 4) is 11.5 Å². The lowest BCUT2D eigenvalue weighted by atomic mass is 10.1. The largest absolute Gasteiger partial charge is 0.490 e. The number of ether oxygens (including phenoxy) is 2. The van der Waals surface area contributed by atoms with Gasteiger partial charge in [-0.15, -0.1) is 0 Å². The van der Waals surface area contributed by atoms with E-state index in [1.807, 2.05) is 0 Å². The predicted molar refractivity (Wildman–Crippen MR) is 115 cm³/mol. The van der Waals surface area contributed by atoms with Crippen LogP contribution in [0, 0.1) is 20.2 Å². The van der Waals surface area contributed by atoms with Crippen LogP contribution in [0.5, 0.6) is 11.5 Å². The Hall–Kier alpha value is -3.86. The molecule has 10 nitrogen and oxygen atoms in total. The smallest absolute Gasteiger partial charge is 0.311 e. The fourth-order valence-corrected chi connectivity index (χ4v) is 3.27. The topological polar surface area (TPSA) is 139 Å². The van der Waals surface area contributed by atoms with Crippen LogP contribution < -0.4 is 9.47 Å². The monoisotopic (exact) mass is 446 g/mol. The highest BCUT2D eigenvalue weighted by Gasteiger charge is 2.15. The number of ketones is 1. The maximum absolute atomic E-state index is 12.1. The van der Waals surface area contributed by atoms with E-state index in [2.05, 4.69) is 0 Å². The number of hydrogen-bond donors (Lipinski definition) is 0. The van der Waals surface area contributed by atoms with Crippen molar-refractivity contribution in [3.63, 3.8) is 0 Å². The van der Waals surface area contributed by atoms with Crippen molar-refractivity contribution in [3.05, 3.63) is 79.2 Å². The highest BCUT2D eigenvalue weighted by molar-refractivity contribution is 7.88. The van der Waals surface area contributed by atoms with E-state index in [1.165, 1.54) is 62.1 Å². The molecular formula is C20H18N2O8S. The first-order chi connectivity index (χ1) is 14.7. The molecule has 0 bridgehead atoms. The van der Waals surface area contributed by atoms with E-state index in [1.54, 1.807) is 12.1 Å². The van der Waals surface area contributed by atoms with Gasteiger partial charge < -0.3 is 9.47 Å². The Morgan fingerprint density at radius 3 is 1.87 bits per heavy atom. The number of benzene rings is 2. The van der Waals surface area contributed by atoms with Crippen LogP contribution in [0.4, 0.5) is 11.4 Å². The summed E-state index contributed by atoms with van der Waals surface area (Å²) in [5.74, 6) is -0.577. The molecule has 2 aromatic carbocycles. The van der Waals surface area contributed by atoms with Gasteiger partial charge in [0.05, 0.1) is 40.6 Å². The molecule has 0 aliphatic heterocycles. The van der Waals surface area contributed by atoms with Crippen molar-refractivity contribution in [2.45, 2.75) is 0 Å². The molecule has 0 fully saturated rings. The van der Waals surface area contributed by atoms with Crippen molar-refractivity contribution >= 4 is 40.1 Å². The van der Waals surface area contributed by atoms with Crippen LogP contribution in [0.2, 0.25) is 0 Å². The van der Waals surface area contributed by atoms with E-state index in [0.717, 1.165) is 0 Å². The van der Waals surface area contributed by atoms with E-state index in [4.69, 9.17) is 9.47 Å². The van der Waals surface area contributed by atoms with Gasteiger partial charge in [0.25, 0.3) is 0 Å². The second-order valence-corrected chi connectivity index (χ2v) is 7.33. The summed E-state index contributed by atoms with van der Waals surface area (Å²) in [6.07, 6.45) is 3.96. The summed E-state index contributed by atoms with van der Waals surface area (Å²) in [6.45, 7) is 0. The first kappa shape index (κ1) is 23.4. The van der Waals surface area contributed by atoms with Crippen molar-refractivity contribution in [2.24, 2.45) is 0 Å². The number of nitro benzene ring substituents is 2. The predicted octanol–water partition coefficient (Wildman–Crippen LogP) is 3.52. The zero-order valence-electron chi connectivity index (χ0n) is 16.5. The molecule has 0 N–H and O–H groups in total. The van der Waals surface area contributed by atoms with Crippen LogP contribution in [-0.2, 0) is 15.6 Å². The highest BCUT2D eigenvalue weighted by Crippen LogP contribution is 2.29. The summed E-state index contributed by atoms with van der Waals surface area (Å²) >= 11 is 0. The second-order valence-electron chi connectivity index (χ2n) is 6.00. The number of allylic oxidation sites excluding steroid dienone is 1. The zero-order chi connectivity index (χ0) is 23.0. The van der Waals surface area contributed by atoms with Crippen molar-refractivity contribution in [1.82, 2.24) is 0 Å². The summed E-state index contributed by atoms with van der Waals surface area (Å²) in [4.78, 5) is 32.9. The number of rotatable bonds is 10. The zero-order valence-corrected chi connectivity index (χ0v) is 17.4. The minimum Gasteiger partial charge on any atom is -0.490 e. The summed E-state index contributed by atoms with van der Waals surface area (Å²) < 4.78 is 21.9. The molecule has 0 saturated carbocycles. The maximum atomic E-state index is 12.1. The summed E-state index contributed by atoms with van der Waals surface area (Å²) in [6, 6.07) is 8.46. The Kier molecular flexibility index (Phi) is 8.15.